The smallest absolute Gasteiger partial charge is 0.446 e. The summed E-state index contributed by atoms with van der Waals surface area (Å²) in [6.07, 6.45) is -14.6. The molecule has 0 amide bonds. The molecule has 0 radical (unpaired) electrons. The van der Waals surface area contributed by atoms with Crippen LogP contribution in [0.15, 0.2) is 39.5 Å². The summed E-state index contributed by atoms with van der Waals surface area (Å²) in [4.78, 5) is 25.9. The molecule has 17 nitrogen and oxygen atoms in total. The average Bonchev–Trinajstić information content (AvgIpc) is 2.95. The molecule has 8 N–H and O–H groups in total. The van der Waals surface area contributed by atoms with Crippen molar-refractivity contribution in [3.05, 3.63) is 46.1 Å². The number of hydrogen-bond donors (Lipinski definition) is 8. The molecule has 0 spiro atoms. The molecule has 2 fully saturated rings. The first-order valence-corrected chi connectivity index (χ1v) is 14.6. The highest BCUT2D eigenvalue weighted by Crippen LogP contribution is 2.46. The predicted octanol–water partition coefficient (Wildman–Crippen LogP) is -0.639. The van der Waals surface area contributed by atoms with Gasteiger partial charge in [0.15, 0.2) is 29.0 Å². The average molecular weight is 657 g/mol. The van der Waals surface area contributed by atoms with Crippen molar-refractivity contribution < 1.29 is 76.3 Å². The second-order valence-electron chi connectivity index (χ2n) is 10.5. The molecule has 244 valence electrons. The number of phenolic OH excluding ortho intramolecular Hbond substituents is 3. The van der Waals surface area contributed by atoms with Gasteiger partial charge in [-0.15, -0.1) is 0 Å². The van der Waals surface area contributed by atoms with Crippen LogP contribution < -0.4 is 9.61 Å². The minimum absolute atomic E-state index is 0.0272. The summed E-state index contributed by atoms with van der Waals surface area (Å²) in [6.45, 7) is 2.64. The molecule has 1 aromatic heterocycles. The molecule has 5 rings (SSSR count). The highest BCUT2D eigenvalue weighted by Gasteiger charge is 2.50. The van der Waals surface area contributed by atoms with E-state index in [0.29, 0.717) is 0 Å². The van der Waals surface area contributed by atoms with Crippen molar-refractivity contribution in [1.82, 2.24) is 0 Å². The number of fused-ring (bicyclic) bond motifs is 1. The van der Waals surface area contributed by atoms with E-state index in [4.69, 9.17) is 23.2 Å². The Morgan fingerprint density at radius 2 is 1.56 bits per heavy atom. The van der Waals surface area contributed by atoms with Gasteiger partial charge in [0, 0.05) is 17.7 Å². The Hall–Kier alpha value is -3.85. The van der Waals surface area contributed by atoms with E-state index in [2.05, 4.69) is 4.18 Å². The summed E-state index contributed by atoms with van der Waals surface area (Å²) in [6, 6.07) is 4.91. The highest BCUT2D eigenvalue weighted by atomic mass is 32.3. The lowest BCUT2D eigenvalue weighted by atomic mass is 9.90. The Morgan fingerprint density at radius 3 is 2.22 bits per heavy atom. The van der Waals surface area contributed by atoms with Gasteiger partial charge in [-0.05, 0) is 32.0 Å². The van der Waals surface area contributed by atoms with Crippen LogP contribution in [0.25, 0.3) is 22.3 Å². The number of Topliss-reactive ketones (excluding diaryl/α,β-unsaturated/α-hetero) is 1. The zero-order valence-corrected chi connectivity index (χ0v) is 24.1. The lowest BCUT2D eigenvalue weighted by molar-refractivity contribution is -0.323. The summed E-state index contributed by atoms with van der Waals surface area (Å²) in [7, 11) is -5.03. The largest absolute Gasteiger partial charge is 0.507 e. The zero-order valence-electron chi connectivity index (χ0n) is 23.2. The summed E-state index contributed by atoms with van der Waals surface area (Å²) >= 11 is 0. The summed E-state index contributed by atoms with van der Waals surface area (Å²) < 4.78 is 57.9. The maximum absolute atomic E-state index is 13.2. The number of carbonyl (C=O) groups excluding carboxylic acids is 1. The van der Waals surface area contributed by atoms with Gasteiger partial charge in [0.25, 0.3) is 0 Å². The van der Waals surface area contributed by atoms with E-state index in [1.165, 1.54) is 19.9 Å². The molecule has 3 heterocycles. The third kappa shape index (κ3) is 6.07. The third-order valence-electron chi connectivity index (χ3n) is 7.49. The Balaban J connectivity index is 1.57. The summed E-state index contributed by atoms with van der Waals surface area (Å²) in [5, 5.41) is 73.0. The second kappa shape index (κ2) is 11.8. The fourth-order valence-corrected chi connectivity index (χ4v) is 5.53. The standard InChI is InChI=1S/C27H28O17S/c1-8-20(32)23(35)26(43-27-24(36)22(34)19(31)9(2)41-27)25(40-8)18-13(30)7-16-17(21(18)33)12(29)6-14(42-16)10-3-4-11(28)15(5-10)44-45(37,38)39/h3-9,19,22-28,30-31,33-36H,1-2H3,(H,37,38,39). The minimum atomic E-state index is -5.03. The van der Waals surface area contributed by atoms with Crippen LogP contribution in [-0.4, -0.2) is 104 Å². The zero-order chi connectivity index (χ0) is 33.1. The quantitative estimate of drug-likeness (QED) is 0.153. The number of carbonyl (C=O) groups is 1. The van der Waals surface area contributed by atoms with Crippen molar-refractivity contribution in [3.63, 3.8) is 0 Å². The van der Waals surface area contributed by atoms with Gasteiger partial charge in [0.1, 0.15) is 71.0 Å². The molecule has 0 aliphatic carbocycles. The Kier molecular flexibility index (Phi) is 8.55. The maximum atomic E-state index is 13.2. The molecular formula is C27H28O17S. The van der Waals surface area contributed by atoms with Gasteiger partial charge in [0.2, 0.25) is 0 Å². The molecule has 0 saturated carbocycles. The number of benzene rings is 2. The molecular weight excluding hydrogens is 628 g/mol. The molecule has 2 aliphatic heterocycles. The third-order valence-corrected chi connectivity index (χ3v) is 7.88. The van der Waals surface area contributed by atoms with Crippen LogP contribution in [0, 0.1) is 0 Å². The van der Waals surface area contributed by atoms with Gasteiger partial charge >= 0.3 is 10.4 Å². The van der Waals surface area contributed by atoms with E-state index in [-0.39, 0.29) is 11.3 Å². The molecule has 9 atom stereocenters. The summed E-state index contributed by atoms with van der Waals surface area (Å²) in [5.41, 5.74) is -1.83. The maximum Gasteiger partial charge on any atom is 0.446 e. The van der Waals surface area contributed by atoms with E-state index in [1.54, 1.807) is 0 Å². The van der Waals surface area contributed by atoms with Crippen molar-refractivity contribution in [2.24, 2.45) is 0 Å². The van der Waals surface area contributed by atoms with Gasteiger partial charge in [0.05, 0.1) is 11.7 Å². The van der Waals surface area contributed by atoms with Crippen LogP contribution in [0.3, 0.4) is 0 Å². The molecule has 2 saturated heterocycles. The lowest BCUT2D eigenvalue weighted by Crippen LogP contribution is -2.60. The van der Waals surface area contributed by atoms with Crippen LogP contribution in [0.1, 0.15) is 25.5 Å². The SMILES string of the molecule is CC1OC(c2c(O)cc3oc(-c4ccc(O)c(OS(=O)(=O)O)c4)cc(=O)c3c2O)C(OC2OC(C)C(O)C(O)C2O)C(O)C1=O. The number of aromatic hydroxyl groups is 3. The Morgan fingerprint density at radius 1 is 0.867 bits per heavy atom. The molecule has 3 aromatic rings. The lowest BCUT2D eigenvalue weighted by Gasteiger charge is -2.44. The van der Waals surface area contributed by atoms with Crippen molar-refractivity contribution in [2.75, 3.05) is 0 Å². The van der Waals surface area contributed by atoms with Crippen LogP contribution in [0.5, 0.6) is 23.0 Å². The minimum Gasteiger partial charge on any atom is -0.507 e. The van der Waals surface area contributed by atoms with Gasteiger partial charge in [-0.2, -0.15) is 8.42 Å². The first kappa shape index (κ1) is 32.5. The number of hydrogen-bond acceptors (Lipinski definition) is 16. The molecule has 2 aromatic carbocycles. The number of ketones is 1. The molecule has 45 heavy (non-hydrogen) atoms. The van der Waals surface area contributed by atoms with Crippen molar-refractivity contribution >= 4 is 27.2 Å². The van der Waals surface area contributed by atoms with E-state index in [1.807, 2.05) is 0 Å². The normalized spacial score (nSPS) is 30.8. The number of aliphatic hydroxyl groups excluding tert-OH is 4. The second-order valence-corrected chi connectivity index (χ2v) is 11.5. The predicted molar refractivity (Wildman–Crippen MR) is 147 cm³/mol. The van der Waals surface area contributed by atoms with Gasteiger partial charge in [-0.3, -0.25) is 14.1 Å². The highest BCUT2D eigenvalue weighted by molar-refractivity contribution is 7.81. The van der Waals surface area contributed by atoms with E-state index >= 15 is 0 Å². The molecule has 2 aliphatic rings. The number of aliphatic hydroxyl groups is 4. The number of phenols is 3. The fourth-order valence-electron chi connectivity index (χ4n) is 5.17. The molecule has 9 unspecified atom stereocenters. The Labute approximate surface area is 253 Å². The fraction of sp³-hybridized carbons (Fsp3) is 0.407. The molecule has 0 bridgehead atoms. The van der Waals surface area contributed by atoms with Crippen molar-refractivity contribution in [1.29, 1.82) is 0 Å². The van der Waals surface area contributed by atoms with Crippen LogP contribution >= 0.6 is 0 Å². The van der Waals surface area contributed by atoms with Crippen LogP contribution in [0.2, 0.25) is 0 Å². The van der Waals surface area contributed by atoms with Crippen molar-refractivity contribution in [2.45, 2.75) is 69.0 Å². The van der Waals surface area contributed by atoms with E-state index < -0.39 is 116 Å². The summed E-state index contributed by atoms with van der Waals surface area (Å²) in [5.74, 6) is -4.15. The van der Waals surface area contributed by atoms with Gasteiger partial charge < -0.3 is 58.6 Å². The Bertz CT molecular complexity index is 1800. The van der Waals surface area contributed by atoms with Crippen LogP contribution in [-0.2, 0) is 29.4 Å². The van der Waals surface area contributed by atoms with Crippen LogP contribution in [0.4, 0.5) is 0 Å². The number of ether oxygens (including phenoxy) is 3. The number of rotatable bonds is 6. The van der Waals surface area contributed by atoms with E-state index in [9.17, 15) is 53.8 Å². The van der Waals surface area contributed by atoms with Gasteiger partial charge in [-0.1, -0.05) is 0 Å². The topological polar surface area (TPSA) is 280 Å². The molecule has 18 heteroatoms. The monoisotopic (exact) mass is 656 g/mol. The first-order chi connectivity index (χ1) is 21.0. The first-order valence-electron chi connectivity index (χ1n) is 13.2. The van der Waals surface area contributed by atoms with Crippen molar-refractivity contribution in [3.8, 4) is 34.3 Å². The van der Waals surface area contributed by atoms with E-state index in [0.717, 1.165) is 24.3 Å². The van der Waals surface area contributed by atoms with Gasteiger partial charge in [-0.25, -0.2) is 0 Å².